The summed E-state index contributed by atoms with van der Waals surface area (Å²) in [6.07, 6.45) is 5.86. The molecule has 1 heterocycles. The lowest BCUT2D eigenvalue weighted by atomic mass is 10.2. The molecule has 1 aromatic rings. The number of nitrogens with zero attached hydrogens (tertiary/aromatic N) is 2. The van der Waals surface area contributed by atoms with Gasteiger partial charge in [-0.1, -0.05) is 26.2 Å². The van der Waals surface area contributed by atoms with E-state index in [0.29, 0.717) is 12.1 Å². The van der Waals surface area contributed by atoms with Crippen molar-refractivity contribution in [2.24, 2.45) is 7.05 Å². The van der Waals surface area contributed by atoms with Crippen LogP contribution in [0.5, 0.6) is 0 Å². The fraction of sp³-hybridized carbons (Fsp3) is 0.667. The quantitative estimate of drug-likeness (QED) is 0.710. The van der Waals surface area contributed by atoms with Crippen LogP contribution >= 0.6 is 0 Å². The van der Waals surface area contributed by atoms with Crippen LogP contribution in [0, 0.1) is 6.92 Å². The van der Waals surface area contributed by atoms with Gasteiger partial charge < -0.3 is 4.57 Å². The maximum Gasteiger partial charge on any atom is 0.330 e. The van der Waals surface area contributed by atoms with Crippen molar-refractivity contribution >= 4 is 0 Å². The summed E-state index contributed by atoms with van der Waals surface area (Å²) in [5.41, 5.74) is 0.254. The Bertz CT molecular complexity index is 423. The zero-order chi connectivity index (χ0) is 12.1. The summed E-state index contributed by atoms with van der Waals surface area (Å²) in [6.45, 7) is 4.41. The van der Waals surface area contributed by atoms with E-state index < -0.39 is 0 Å². The maximum atomic E-state index is 11.8. The van der Waals surface area contributed by atoms with Gasteiger partial charge in [-0.25, -0.2) is 4.79 Å². The predicted molar refractivity (Wildman–Crippen MR) is 64.8 cm³/mol. The van der Waals surface area contributed by atoms with Gasteiger partial charge in [0, 0.05) is 25.4 Å². The molecule has 0 fully saturated rings. The van der Waals surface area contributed by atoms with E-state index in [1.165, 1.54) is 9.13 Å². The Labute approximate surface area is 95.5 Å². The highest BCUT2D eigenvalue weighted by Gasteiger charge is 2.05. The average molecular weight is 224 g/mol. The first-order valence-electron chi connectivity index (χ1n) is 5.85. The Morgan fingerprint density at radius 2 is 1.88 bits per heavy atom. The Morgan fingerprint density at radius 1 is 1.19 bits per heavy atom. The van der Waals surface area contributed by atoms with Crippen LogP contribution in [0.15, 0.2) is 15.8 Å². The van der Waals surface area contributed by atoms with E-state index in [1.807, 2.05) is 0 Å². The molecule has 0 saturated carbocycles. The minimum atomic E-state index is -0.216. The molecule has 0 aromatic carbocycles. The molecule has 4 nitrogen and oxygen atoms in total. The fourth-order valence-corrected chi connectivity index (χ4v) is 1.78. The van der Waals surface area contributed by atoms with Gasteiger partial charge in [-0.05, 0) is 13.3 Å². The Balaban J connectivity index is 2.87. The van der Waals surface area contributed by atoms with Crippen molar-refractivity contribution in [3.63, 3.8) is 0 Å². The van der Waals surface area contributed by atoms with E-state index in [-0.39, 0.29) is 11.2 Å². The third kappa shape index (κ3) is 2.84. The van der Waals surface area contributed by atoms with Crippen molar-refractivity contribution in [2.45, 2.75) is 46.1 Å². The van der Waals surface area contributed by atoms with E-state index in [1.54, 1.807) is 20.2 Å². The van der Waals surface area contributed by atoms with Crippen molar-refractivity contribution in [1.82, 2.24) is 9.13 Å². The molecule has 0 aliphatic carbocycles. The number of rotatable bonds is 5. The van der Waals surface area contributed by atoms with Gasteiger partial charge >= 0.3 is 5.69 Å². The zero-order valence-corrected chi connectivity index (χ0v) is 10.3. The fourth-order valence-electron chi connectivity index (χ4n) is 1.78. The Hall–Kier alpha value is -1.32. The highest BCUT2D eigenvalue weighted by Crippen LogP contribution is 1.99. The molecule has 0 bridgehead atoms. The molecule has 0 radical (unpaired) electrons. The molecule has 0 spiro atoms. The number of hydrogen-bond donors (Lipinski definition) is 0. The van der Waals surface area contributed by atoms with E-state index in [4.69, 9.17) is 0 Å². The summed E-state index contributed by atoms with van der Waals surface area (Å²) in [4.78, 5) is 23.5. The second-order valence-corrected chi connectivity index (χ2v) is 4.22. The van der Waals surface area contributed by atoms with Crippen LogP contribution in [0.3, 0.4) is 0 Å². The summed E-state index contributed by atoms with van der Waals surface area (Å²) in [7, 11) is 1.68. The van der Waals surface area contributed by atoms with Gasteiger partial charge in [0.2, 0.25) is 0 Å². The predicted octanol–water partition coefficient (Wildman–Crippen LogP) is 1.44. The Kier molecular flexibility index (Phi) is 4.52. The zero-order valence-electron chi connectivity index (χ0n) is 10.3. The smallest absolute Gasteiger partial charge is 0.303 e. The second kappa shape index (κ2) is 5.68. The highest BCUT2D eigenvalue weighted by atomic mass is 16.2. The van der Waals surface area contributed by atoms with Crippen LogP contribution in [0.25, 0.3) is 0 Å². The molecule has 0 aliphatic heterocycles. The van der Waals surface area contributed by atoms with E-state index in [2.05, 4.69) is 6.92 Å². The molecule has 0 N–H and O–H groups in total. The van der Waals surface area contributed by atoms with Crippen LogP contribution in [-0.2, 0) is 13.6 Å². The second-order valence-electron chi connectivity index (χ2n) is 4.22. The van der Waals surface area contributed by atoms with Gasteiger partial charge in [0.05, 0.1) is 0 Å². The minimum absolute atomic E-state index is 0.153. The molecule has 1 rings (SSSR count). The molecule has 1 aromatic heterocycles. The molecular weight excluding hydrogens is 204 g/mol. The first kappa shape index (κ1) is 12.7. The molecule has 0 saturated heterocycles. The lowest BCUT2D eigenvalue weighted by Crippen LogP contribution is -2.39. The van der Waals surface area contributed by atoms with E-state index >= 15 is 0 Å². The van der Waals surface area contributed by atoms with Gasteiger partial charge in [-0.3, -0.25) is 9.36 Å². The van der Waals surface area contributed by atoms with Gasteiger partial charge in [0.25, 0.3) is 5.56 Å². The third-order valence-electron chi connectivity index (χ3n) is 2.74. The van der Waals surface area contributed by atoms with Crippen molar-refractivity contribution in [2.75, 3.05) is 0 Å². The SMILES string of the molecule is CCCCCCn1c(=O)c(C)cn(C)c1=O. The van der Waals surface area contributed by atoms with Crippen LogP contribution in [0.2, 0.25) is 0 Å². The van der Waals surface area contributed by atoms with Crippen LogP contribution < -0.4 is 11.2 Å². The maximum absolute atomic E-state index is 11.8. The lowest BCUT2D eigenvalue weighted by molar-refractivity contribution is 0.530. The molecule has 0 amide bonds. The monoisotopic (exact) mass is 224 g/mol. The van der Waals surface area contributed by atoms with Crippen LogP contribution in [0.1, 0.15) is 38.2 Å². The first-order chi connectivity index (χ1) is 7.57. The van der Waals surface area contributed by atoms with Crippen molar-refractivity contribution < 1.29 is 0 Å². The number of unbranched alkanes of at least 4 members (excludes halogenated alkanes) is 3. The number of aromatic nitrogens is 2. The van der Waals surface area contributed by atoms with Crippen LogP contribution in [-0.4, -0.2) is 9.13 Å². The van der Waals surface area contributed by atoms with E-state index in [9.17, 15) is 9.59 Å². The van der Waals surface area contributed by atoms with Crippen LogP contribution in [0.4, 0.5) is 0 Å². The molecule has 90 valence electrons. The van der Waals surface area contributed by atoms with Crippen molar-refractivity contribution in [3.05, 3.63) is 32.6 Å². The minimum Gasteiger partial charge on any atom is -0.303 e. The normalized spacial score (nSPS) is 10.7. The Morgan fingerprint density at radius 3 is 2.50 bits per heavy atom. The largest absolute Gasteiger partial charge is 0.330 e. The van der Waals surface area contributed by atoms with E-state index in [0.717, 1.165) is 25.7 Å². The van der Waals surface area contributed by atoms with Gasteiger partial charge in [-0.15, -0.1) is 0 Å². The first-order valence-corrected chi connectivity index (χ1v) is 5.85. The summed E-state index contributed by atoms with van der Waals surface area (Å²) in [5.74, 6) is 0. The topological polar surface area (TPSA) is 44.0 Å². The summed E-state index contributed by atoms with van der Waals surface area (Å²) in [5, 5.41) is 0. The van der Waals surface area contributed by atoms with Crippen molar-refractivity contribution in [3.8, 4) is 0 Å². The van der Waals surface area contributed by atoms with Crippen molar-refractivity contribution in [1.29, 1.82) is 0 Å². The summed E-state index contributed by atoms with van der Waals surface area (Å²) in [6, 6.07) is 0. The highest BCUT2D eigenvalue weighted by molar-refractivity contribution is 5.02. The standard InChI is InChI=1S/C12H20N2O2/c1-4-5-6-7-8-14-11(15)10(2)9-13(3)12(14)16/h9H,4-8H2,1-3H3. The summed E-state index contributed by atoms with van der Waals surface area (Å²) < 4.78 is 2.81. The van der Waals surface area contributed by atoms with Gasteiger partial charge in [-0.2, -0.15) is 0 Å². The molecule has 0 unspecified atom stereocenters. The lowest BCUT2D eigenvalue weighted by Gasteiger charge is -2.07. The molecule has 0 atom stereocenters. The molecule has 0 aliphatic rings. The average Bonchev–Trinajstić information content (AvgIpc) is 2.25. The molecule has 16 heavy (non-hydrogen) atoms. The number of hydrogen-bond acceptors (Lipinski definition) is 2. The summed E-state index contributed by atoms with van der Waals surface area (Å²) >= 11 is 0. The molecular formula is C12H20N2O2. The number of aryl methyl sites for hydroxylation is 2. The van der Waals surface area contributed by atoms with Gasteiger partial charge in [0.15, 0.2) is 0 Å². The molecule has 4 heteroatoms. The third-order valence-corrected chi connectivity index (χ3v) is 2.74. The van der Waals surface area contributed by atoms with Gasteiger partial charge in [0.1, 0.15) is 0 Å².